The summed E-state index contributed by atoms with van der Waals surface area (Å²) in [4.78, 5) is 11.7. The molecule has 0 aromatic heterocycles. The van der Waals surface area contributed by atoms with Crippen molar-refractivity contribution in [2.24, 2.45) is 0 Å². The molecular weight excluding hydrogens is 250 g/mol. The first-order valence-electron chi connectivity index (χ1n) is 6.46. The summed E-state index contributed by atoms with van der Waals surface area (Å²) in [5, 5.41) is 9.58. The van der Waals surface area contributed by atoms with Crippen LogP contribution in [0.15, 0.2) is 18.2 Å². The van der Waals surface area contributed by atoms with Crippen molar-refractivity contribution >= 4 is 5.97 Å². The van der Waals surface area contributed by atoms with Gasteiger partial charge in [0.1, 0.15) is 0 Å². The first-order valence-corrected chi connectivity index (χ1v) is 6.46. The maximum Gasteiger partial charge on any atom is 0.314 e. The fourth-order valence-corrected chi connectivity index (χ4v) is 2.91. The van der Waals surface area contributed by atoms with Crippen LogP contribution in [0.25, 0.3) is 0 Å². The third-order valence-electron chi connectivity index (χ3n) is 4.36. The lowest BCUT2D eigenvalue weighted by molar-refractivity contribution is -0.149. The maximum atomic E-state index is 13.3. The Hall–Kier alpha value is -1.45. The van der Waals surface area contributed by atoms with Crippen molar-refractivity contribution in [2.75, 3.05) is 0 Å². The summed E-state index contributed by atoms with van der Waals surface area (Å²) >= 11 is 0. The van der Waals surface area contributed by atoms with Crippen LogP contribution in [0.2, 0.25) is 0 Å². The first-order chi connectivity index (χ1) is 8.78. The Kier molecular flexibility index (Phi) is 3.37. The number of hydrogen-bond acceptors (Lipinski definition) is 1. The Morgan fingerprint density at radius 2 is 1.74 bits per heavy atom. The van der Waals surface area contributed by atoms with Gasteiger partial charge in [-0.25, -0.2) is 8.78 Å². The van der Waals surface area contributed by atoms with E-state index in [2.05, 4.69) is 0 Å². The number of carboxylic acids is 1. The van der Waals surface area contributed by atoms with Crippen LogP contribution in [0.3, 0.4) is 0 Å². The van der Waals surface area contributed by atoms with Gasteiger partial charge in [0.15, 0.2) is 0 Å². The molecule has 1 aliphatic carbocycles. The molecule has 2 rings (SSSR count). The molecule has 0 heterocycles. The second-order valence-electron chi connectivity index (χ2n) is 5.49. The highest BCUT2D eigenvalue weighted by molar-refractivity contribution is 5.82. The van der Waals surface area contributed by atoms with E-state index in [0.29, 0.717) is 5.56 Å². The number of rotatable bonds is 2. The van der Waals surface area contributed by atoms with Crippen molar-refractivity contribution in [2.45, 2.75) is 50.9 Å². The molecule has 1 fully saturated rings. The van der Waals surface area contributed by atoms with E-state index in [9.17, 15) is 18.7 Å². The third kappa shape index (κ3) is 2.36. The van der Waals surface area contributed by atoms with E-state index >= 15 is 0 Å². The molecule has 1 N–H and O–H groups in total. The van der Waals surface area contributed by atoms with E-state index in [-0.39, 0.29) is 25.7 Å². The Morgan fingerprint density at radius 3 is 2.26 bits per heavy atom. The number of carboxylic acid groups (broad SMARTS) is 1. The molecule has 0 unspecified atom stereocenters. The van der Waals surface area contributed by atoms with Gasteiger partial charge in [-0.2, -0.15) is 0 Å². The van der Waals surface area contributed by atoms with Crippen LogP contribution in [0.5, 0.6) is 0 Å². The van der Waals surface area contributed by atoms with Crippen LogP contribution in [0.4, 0.5) is 8.78 Å². The molecule has 1 aliphatic rings. The van der Waals surface area contributed by atoms with Crippen LogP contribution < -0.4 is 0 Å². The largest absolute Gasteiger partial charge is 0.481 e. The molecule has 0 bridgehead atoms. The quantitative estimate of drug-likeness (QED) is 0.885. The molecule has 19 heavy (non-hydrogen) atoms. The molecule has 1 aromatic rings. The van der Waals surface area contributed by atoms with E-state index in [4.69, 9.17) is 0 Å². The molecule has 104 valence electrons. The topological polar surface area (TPSA) is 37.3 Å². The Morgan fingerprint density at radius 1 is 1.16 bits per heavy atom. The lowest BCUT2D eigenvalue weighted by Crippen LogP contribution is -2.43. The van der Waals surface area contributed by atoms with Gasteiger partial charge in [0.25, 0.3) is 0 Å². The molecule has 1 aromatic carbocycles. The minimum Gasteiger partial charge on any atom is -0.481 e. The van der Waals surface area contributed by atoms with Gasteiger partial charge in [-0.15, -0.1) is 0 Å². The molecule has 0 saturated heterocycles. The Balaban J connectivity index is 2.47. The summed E-state index contributed by atoms with van der Waals surface area (Å²) in [5.74, 6) is -3.71. The number of halogens is 2. The maximum absolute atomic E-state index is 13.3. The number of aryl methyl sites for hydroxylation is 1. The SMILES string of the molecule is Cc1cccc(C2(C(=O)O)CCC(F)(F)CC2)c1C. The van der Waals surface area contributed by atoms with Crippen molar-refractivity contribution in [1.29, 1.82) is 0 Å². The summed E-state index contributed by atoms with van der Waals surface area (Å²) in [6.07, 6.45) is -0.710. The van der Waals surface area contributed by atoms with E-state index in [1.165, 1.54) is 0 Å². The normalized spacial score (nSPS) is 21.1. The Bertz CT molecular complexity index is 499. The van der Waals surface area contributed by atoms with Crippen molar-refractivity contribution in [1.82, 2.24) is 0 Å². The van der Waals surface area contributed by atoms with Crippen LogP contribution in [-0.2, 0) is 10.2 Å². The van der Waals surface area contributed by atoms with E-state index in [1.807, 2.05) is 19.9 Å². The molecule has 0 radical (unpaired) electrons. The van der Waals surface area contributed by atoms with Gasteiger partial charge in [-0.1, -0.05) is 18.2 Å². The smallest absolute Gasteiger partial charge is 0.314 e. The van der Waals surface area contributed by atoms with Crippen LogP contribution in [0, 0.1) is 13.8 Å². The number of alkyl halides is 2. The average molecular weight is 268 g/mol. The zero-order valence-electron chi connectivity index (χ0n) is 11.2. The summed E-state index contributed by atoms with van der Waals surface area (Å²) in [5.41, 5.74) is 1.43. The molecule has 0 atom stereocenters. The summed E-state index contributed by atoms with van der Waals surface area (Å²) in [6.45, 7) is 3.77. The van der Waals surface area contributed by atoms with Gasteiger partial charge < -0.3 is 5.11 Å². The third-order valence-corrected chi connectivity index (χ3v) is 4.36. The number of hydrogen-bond donors (Lipinski definition) is 1. The van der Waals surface area contributed by atoms with Crippen LogP contribution >= 0.6 is 0 Å². The molecule has 0 amide bonds. The predicted octanol–water partition coefficient (Wildman–Crippen LogP) is 3.84. The second kappa shape index (κ2) is 4.58. The van der Waals surface area contributed by atoms with E-state index in [0.717, 1.165) is 11.1 Å². The van der Waals surface area contributed by atoms with Gasteiger partial charge in [-0.05, 0) is 43.4 Å². The summed E-state index contributed by atoms with van der Waals surface area (Å²) < 4.78 is 26.6. The molecule has 2 nitrogen and oxygen atoms in total. The fourth-order valence-electron chi connectivity index (χ4n) is 2.91. The molecule has 0 aliphatic heterocycles. The second-order valence-corrected chi connectivity index (χ2v) is 5.49. The lowest BCUT2D eigenvalue weighted by atomic mass is 9.67. The fraction of sp³-hybridized carbons (Fsp3) is 0.533. The number of aliphatic carboxylic acids is 1. The molecule has 1 saturated carbocycles. The van der Waals surface area contributed by atoms with Gasteiger partial charge in [0.2, 0.25) is 5.92 Å². The zero-order chi connectivity index (χ0) is 14.3. The minimum atomic E-state index is -2.73. The molecule has 4 heteroatoms. The Labute approximate surface area is 111 Å². The summed E-state index contributed by atoms with van der Waals surface area (Å²) in [6, 6.07) is 5.47. The summed E-state index contributed by atoms with van der Waals surface area (Å²) in [7, 11) is 0. The van der Waals surface area contributed by atoms with Crippen molar-refractivity contribution in [3.05, 3.63) is 34.9 Å². The van der Waals surface area contributed by atoms with Crippen LogP contribution in [-0.4, -0.2) is 17.0 Å². The highest BCUT2D eigenvalue weighted by Crippen LogP contribution is 2.46. The molecular formula is C15H18F2O2. The monoisotopic (exact) mass is 268 g/mol. The minimum absolute atomic E-state index is 0.000370. The highest BCUT2D eigenvalue weighted by atomic mass is 19.3. The highest BCUT2D eigenvalue weighted by Gasteiger charge is 2.49. The zero-order valence-corrected chi connectivity index (χ0v) is 11.2. The predicted molar refractivity (Wildman–Crippen MR) is 68.6 cm³/mol. The lowest BCUT2D eigenvalue weighted by Gasteiger charge is -2.38. The van der Waals surface area contributed by atoms with E-state index in [1.54, 1.807) is 12.1 Å². The average Bonchev–Trinajstić information content (AvgIpc) is 2.33. The first kappa shape index (κ1) is 14.0. The van der Waals surface area contributed by atoms with Gasteiger partial charge in [0, 0.05) is 12.8 Å². The van der Waals surface area contributed by atoms with Gasteiger partial charge in [0.05, 0.1) is 5.41 Å². The number of carbonyl (C=O) groups is 1. The van der Waals surface area contributed by atoms with Gasteiger partial charge >= 0.3 is 5.97 Å². The number of benzene rings is 1. The van der Waals surface area contributed by atoms with Crippen molar-refractivity contribution in [3.8, 4) is 0 Å². The standard InChI is InChI=1S/C15H18F2O2/c1-10-4-3-5-12(11(10)2)14(13(18)19)6-8-15(16,17)9-7-14/h3-5H,6-9H2,1-2H3,(H,18,19). The molecule has 0 spiro atoms. The van der Waals surface area contributed by atoms with Crippen LogP contribution in [0.1, 0.15) is 42.4 Å². The van der Waals surface area contributed by atoms with E-state index < -0.39 is 17.3 Å². The van der Waals surface area contributed by atoms with Crippen molar-refractivity contribution < 1.29 is 18.7 Å². The van der Waals surface area contributed by atoms with Gasteiger partial charge in [-0.3, -0.25) is 4.79 Å². The van der Waals surface area contributed by atoms with Crippen molar-refractivity contribution in [3.63, 3.8) is 0 Å².